The van der Waals surface area contributed by atoms with Crippen molar-refractivity contribution in [1.29, 1.82) is 0 Å². The third kappa shape index (κ3) is 4.61. The minimum Gasteiger partial charge on any atom is -0.342 e. The number of nitrogens with zero attached hydrogens (tertiary/aromatic N) is 4. The Bertz CT molecular complexity index is 628. The van der Waals surface area contributed by atoms with Gasteiger partial charge in [0.25, 0.3) is 0 Å². The zero-order chi connectivity index (χ0) is 18.7. The average molecular weight is 348 g/mol. The second kappa shape index (κ2) is 8.02. The van der Waals surface area contributed by atoms with Crippen LogP contribution in [0.4, 0.5) is 0 Å². The minimum absolute atomic E-state index is 0.0512. The van der Waals surface area contributed by atoms with Crippen LogP contribution in [0.15, 0.2) is 0 Å². The van der Waals surface area contributed by atoms with Crippen LogP contribution in [0.1, 0.15) is 50.1 Å². The number of hydrogen-bond acceptors (Lipinski definition) is 3. The largest absolute Gasteiger partial charge is 0.342 e. The van der Waals surface area contributed by atoms with Gasteiger partial charge in [-0.2, -0.15) is 5.10 Å². The molecule has 1 aromatic rings. The number of carbonyl (C=O) groups excluding carboxylic acids is 2. The van der Waals surface area contributed by atoms with Crippen LogP contribution in [0, 0.1) is 25.7 Å². The predicted octanol–water partition coefficient (Wildman–Crippen LogP) is 2.28. The van der Waals surface area contributed by atoms with Crippen LogP contribution in [-0.2, 0) is 23.2 Å². The molecule has 0 radical (unpaired) electrons. The van der Waals surface area contributed by atoms with Crippen molar-refractivity contribution >= 4 is 11.8 Å². The van der Waals surface area contributed by atoms with E-state index in [2.05, 4.69) is 5.10 Å². The first-order valence-electron chi connectivity index (χ1n) is 9.22. The lowest BCUT2D eigenvalue weighted by molar-refractivity contribution is -0.136. The standard InChI is InChI=1S/C19H32N4O2/c1-13(2)19(25)23-9-7-16(8-10-23)11-18(24)21(5)12-17-14(3)20-22(6)15(17)4/h13,16H,7-12H2,1-6H3. The molecule has 0 unspecified atom stereocenters. The van der Waals surface area contributed by atoms with Crippen molar-refractivity contribution in [3.63, 3.8) is 0 Å². The normalized spacial score (nSPS) is 15.7. The molecule has 2 heterocycles. The predicted molar refractivity (Wildman–Crippen MR) is 97.9 cm³/mol. The highest BCUT2D eigenvalue weighted by atomic mass is 16.2. The van der Waals surface area contributed by atoms with Crippen molar-refractivity contribution in [2.45, 2.75) is 53.5 Å². The molecular weight excluding hydrogens is 316 g/mol. The van der Waals surface area contributed by atoms with E-state index in [4.69, 9.17) is 0 Å². The van der Waals surface area contributed by atoms with Gasteiger partial charge >= 0.3 is 0 Å². The van der Waals surface area contributed by atoms with Crippen LogP contribution in [0.25, 0.3) is 0 Å². The molecule has 0 saturated carbocycles. The Balaban J connectivity index is 1.85. The van der Waals surface area contributed by atoms with E-state index >= 15 is 0 Å². The van der Waals surface area contributed by atoms with Crippen LogP contribution in [0.3, 0.4) is 0 Å². The highest BCUT2D eigenvalue weighted by Crippen LogP contribution is 2.23. The van der Waals surface area contributed by atoms with Gasteiger partial charge in [-0.25, -0.2) is 0 Å². The van der Waals surface area contributed by atoms with Gasteiger partial charge in [0.15, 0.2) is 0 Å². The third-order valence-electron chi connectivity index (χ3n) is 5.36. The Labute approximate surface area is 151 Å². The van der Waals surface area contributed by atoms with Crippen molar-refractivity contribution in [3.05, 3.63) is 17.0 Å². The lowest BCUT2D eigenvalue weighted by atomic mass is 9.92. The Morgan fingerprint density at radius 3 is 2.32 bits per heavy atom. The molecule has 6 nitrogen and oxygen atoms in total. The van der Waals surface area contributed by atoms with E-state index in [0.717, 1.165) is 42.9 Å². The van der Waals surface area contributed by atoms with Gasteiger partial charge in [0, 0.05) is 57.3 Å². The summed E-state index contributed by atoms with van der Waals surface area (Å²) in [6.07, 6.45) is 2.41. The van der Waals surface area contributed by atoms with E-state index in [-0.39, 0.29) is 17.7 Å². The summed E-state index contributed by atoms with van der Waals surface area (Å²) in [7, 11) is 3.80. The van der Waals surface area contributed by atoms with Gasteiger partial charge in [0.05, 0.1) is 5.69 Å². The van der Waals surface area contributed by atoms with Crippen LogP contribution >= 0.6 is 0 Å². The summed E-state index contributed by atoms with van der Waals surface area (Å²) in [5, 5.41) is 4.42. The average Bonchev–Trinajstić information content (AvgIpc) is 2.81. The molecule has 6 heteroatoms. The number of likely N-dealkylation sites (tertiary alicyclic amines) is 1. The van der Waals surface area contributed by atoms with E-state index < -0.39 is 0 Å². The fourth-order valence-electron chi connectivity index (χ4n) is 3.50. The molecule has 0 aromatic carbocycles. The smallest absolute Gasteiger partial charge is 0.225 e. The molecule has 1 saturated heterocycles. The molecule has 25 heavy (non-hydrogen) atoms. The van der Waals surface area contributed by atoms with E-state index in [1.807, 2.05) is 56.3 Å². The molecule has 1 aromatic heterocycles. The lowest BCUT2D eigenvalue weighted by Gasteiger charge is -2.33. The maximum absolute atomic E-state index is 12.6. The Kier molecular flexibility index (Phi) is 6.25. The van der Waals surface area contributed by atoms with Gasteiger partial charge in [-0.15, -0.1) is 0 Å². The first-order valence-corrected chi connectivity index (χ1v) is 9.22. The summed E-state index contributed by atoms with van der Waals surface area (Å²) < 4.78 is 1.87. The quantitative estimate of drug-likeness (QED) is 0.820. The van der Waals surface area contributed by atoms with Gasteiger partial charge in [0.1, 0.15) is 0 Å². The topological polar surface area (TPSA) is 58.4 Å². The van der Waals surface area contributed by atoms with Crippen LogP contribution in [0.2, 0.25) is 0 Å². The van der Waals surface area contributed by atoms with Gasteiger partial charge in [-0.3, -0.25) is 14.3 Å². The third-order valence-corrected chi connectivity index (χ3v) is 5.36. The number of amides is 2. The van der Waals surface area contributed by atoms with Crippen LogP contribution in [-0.4, -0.2) is 51.5 Å². The molecule has 140 valence electrons. The Morgan fingerprint density at radius 1 is 1.24 bits per heavy atom. The highest BCUT2D eigenvalue weighted by Gasteiger charge is 2.26. The summed E-state index contributed by atoms with van der Waals surface area (Å²) in [5.74, 6) is 0.832. The van der Waals surface area contributed by atoms with E-state index in [9.17, 15) is 9.59 Å². The van der Waals surface area contributed by atoms with Crippen molar-refractivity contribution in [2.24, 2.45) is 18.9 Å². The van der Waals surface area contributed by atoms with Gasteiger partial charge in [-0.05, 0) is 32.6 Å². The zero-order valence-electron chi connectivity index (χ0n) is 16.5. The van der Waals surface area contributed by atoms with Gasteiger partial charge < -0.3 is 9.80 Å². The molecule has 1 aliphatic rings. The molecule has 0 spiro atoms. The number of aromatic nitrogens is 2. The second-order valence-corrected chi connectivity index (χ2v) is 7.65. The van der Waals surface area contributed by atoms with E-state index in [1.165, 1.54) is 0 Å². The van der Waals surface area contributed by atoms with Crippen molar-refractivity contribution in [1.82, 2.24) is 19.6 Å². The van der Waals surface area contributed by atoms with Crippen LogP contribution < -0.4 is 0 Å². The summed E-state index contributed by atoms with van der Waals surface area (Å²) in [6.45, 7) is 10.1. The lowest BCUT2D eigenvalue weighted by Crippen LogP contribution is -2.41. The molecule has 2 amide bonds. The summed E-state index contributed by atoms with van der Waals surface area (Å²) >= 11 is 0. The molecule has 1 fully saturated rings. The van der Waals surface area contributed by atoms with E-state index in [1.54, 1.807) is 0 Å². The molecule has 1 aliphatic heterocycles. The molecule has 0 aliphatic carbocycles. The second-order valence-electron chi connectivity index (χ2n) is 7.65. The van der Waals surface area contributed by atoms with Crippen molar-refractivity contribution in [2.75, 3.05) is 20.1 Å². The van der Waals surface area contributed by atoms with Crippen molar-refractivity contribution in [3.8, 4) is 0 Å². The molecular formula is C19H32N4O2. The van der Waals surface area contributed by atoms with Gasteiger partial charge in [0.2, 0.25) is 11.8 Å². The first kappa shape index (κ1) is 19.5. The van der Waals surface area contributed by atoms with Crippen molar-refractivity contribution < 1.29 is 9.59 Å². The SMILES string of the molecule is Cc1nn(C)c(C)c1CN(C)C(=O)CC1CCN(C(=O)C(C)C)CC1. The van der Waals surface area contributed by atoms with Gasteiger partial charge in [-0.1, -0.05) is 13.8 Å². The number of piperidine rings is 1. The Morgan fingerprint density at radius 2 is 1.84 bits per heavy atom. The highest BCUT2D eigenvalue weighted by molar-refractivity contribution is 5.78. The fraction of sp³-hybridized carbons (Fsp3) is 0.737. The molecule has 0 N–H and O–H groups in total. The maximum atomic E-state index is 12.6. The first-order chi connectivity index (χ1) is 11.7. The van der Waals surface area contributed by atoms with E-state index in [0.29, 0.717) is 18.9 Å². The summed E-state index contributed by atoms with van der Waals surface area (Å²) in [5.41, 5.74) is 3.23. The summed E-state index contributed by atoms with van der Waals surface area (Å²) in [4.78, 5) is 28.4. The Hall–Kier alpha value is -1.85. The molecule has 0 bridgehead atoms. The zero-order valence-corrected chi connectivity index (χ0v) is 16.5. The fourth-order valence-corrected chi connectivity index (χ4v) is 3.50. The maximum Gasteiger partial charge on any atom is 0.225 e. The monoisotopic (exact) mass is 348 g/mol. The minimum atomic E-state index is 0.0512. The number of hydrogen-bond donors (Lipinski definition) is 0. The summed E-state index contributed by atoms with van der Waals surface area (Å²) in [6, 6.07) is 0. The molecule has 0 atom stereocenters. The number of carbonyl (C=O) groups is 2. The number of rotatable bonds is 5. The number of aryl methyl sites for hydroxylation is 2. The molecule has 2 rings (SSSR count). The van der Waals surface area contributed by atoms with Crippen LogP contribution in [0.5, 0.6) is 0 Å².